The molecule has 1 aliphatic carbocycles. The Labute approximate surface area is 152 Å². The Kier molecular flexibility index (Phi) is 5.50. The van der Waals surface area contributed by atoms with Crippen LogP contribution < -0.4 is 10.8 Å². The topological polar surface area (TPSA) is 56.2 Å². The summed E-state index contributed by atoms with van der Waals surface area (Å²) in [6.45, 7) is 0. The van der Waals surface area contributed by atoms with Gasteiger partial charge < -0.3 is 5.32 Å². The molecule has 134 valence electrons. The smallest absolute Gasteiger partial charge is 0.254 e. The number of nitrogens with zero attached hydrogens (tertiary/aromatic N) is 1. The number of likely N-dealkylation sites (N-methyl/N-ethyl adjacent to an activating group) is 1. The third-order valence-corrected chi connectivity index (χ3v) is 5.92. The Morgan fingerprint density at radius 2 is 2.08 bits per heavy atom. The van der Waals surface area contributed by atoms with Crippen LogP contribution in [0.25, 0.3) is 0 Å². The Morgan fingerprint density at radius 1 is 1.32 bits per heavy atom. The Bertz CT molecular complexity index is 642. The number of benzene rings is 1. The zero-order chi connectivity index (χ0) is 17.9. The minimum atomic E-state index is -0.558. The number of guanidine groups is 1. The molecule has 2 aliphatic rings. The summed E-state index contributed by atoms with van der Waals surface area (Å²) in [6, 6.07) is 8.61. The molecule has 1 amide bonds. The molecule has 25 heavy (non-hydrogen) atoms. The van der Waals surface area contributed by atoms with Gasteiger partial charge in [-0.25, -0.2) is 0 Å². The van der Waals surface area contributed by atoms with E-state index in [-0.39, 0.29) is 11.9 Å². The lowest BCUT2D eigenvalue weighted by Gasteiger charge is -2.33. The molecular weight excluding hydrogens is 309 g/mol. The summed E-state index contributed by atoms with van der Waals surface area (Å²) in [6.07, 6.45) is 9.99. The van der Waals surface area contributed by atoms with Crippen molar-refractivity contribution in [2.24, 2.45) is 5.92 Å². The molecule has 5 heteroatoms. The van der Waals surface area contributed by atoms with Crippen LogP contribution in [0.1, 0.15) is 56.9 Å². The summed E-state index contributed by atoms with van der Waals surface area (Å²) in [4.78, 5) is 14.4. The van der Waals surface area contributed by atoms with E-state index in [1.54, 1.807) is 7.05 Å². The van der Waals surface area contributed by atoms with Crippen molar-refractivity contribution in [3.05, 3.63) is 29.8 Å². The van der Waals surface area contributed by atoms with Crippen molar-refractivity contribution in [3.63, 3.8) is 0 Å². The van der Waals surface area contributed by atoms with Crippen molar-refractivity contribution in [2.45, 2.75) is 63.3 Å². The lowest BCUT2D eigenvalue weighted by atomic mass is 9.77. The molecule has 0 bridgehead atoms. The second kappa shape index (κ2) is 7.63. The number of hydrogen-bond donors (Lipinski definition) is 2. The number of hydrogen-bond acceptors (Lipinski definition) is 2. The highest BCUT2D eigenvalue weighted by Gasteiger charge is 2.48. The molecule has 1 atom stereocenters. The number of amides is 1. The highest BCUT2D eigenvalue weighted by Crippen LogP contribution is 2.36. The summed E-state index contributed by atoms with van der Waals surface area (Å²) in [5.41, 5.74) is 2.06. The van der Waals surface area contributed by atoms with Gasteiger partial charge in [-0.3, -0.25) is 15.1 Å². The summed E-state index contributed by atoms with van der Waals surface area (Å²) in [5.74, 6) is 0.965. The van der Waals surface area contributed by atoms with Gasteiger partial charge in [0.05, 0.1) is 0 Å². The number of nitrogens with one attached hydrogen (secondary N) is 2. The van der Waals surface area contributed by atoms with E-state index in [1.807, 2.05) is 0 Å². The highest BCUT2D eigenvalue weighted by atomic mass is 16.2. The maximum atomic E-state index is 12.9. The van der Waals surface area contributed by atoms with E-state index in [4.69, 9.17) is 5.41 Å². The molecule has 2 N–H and O–H groups in total. The fraction of sp³-hybridized carbons (Fsp3) is 0.600. The van der Waals surface area contributed by atoms with Crippen LogP contribution in [0, 0.1) is 11.3 Å². The Hall–Kier alpha value is -1.78. The first-order chi connectivity index (χ1) is 12.0. The van der Waals surface area contributed by atoms with Gasteiger partial charge in [-0.1, -0.05) is 61.8 Å². The quantitative estimate of drug-likeness (QED) is 0.779. The van der Waals surface area contributed by atoms with Crippen LogP contribution in [0.2, 0.25) is 0 Å². The van der Waals surface area contributed by atoms with E-state index < -0.39 is 5.54 Å². The average molecular weight is 339 g/mol. The largest absolute Gasteiger partial charge is 0.342 e. The molecule has 1 heterocycles. The van der Waals surface area contributed by atoms with Crippen LogP contribution in [-0.2, 0) is 11.2 Å². The van der Waals surface area contributed by atoms with Crippen molar-refractivity contribution >= 4 is 25.2 Å². The number of aryl methyl sites for hydroxylation is 1. The molecule has 0 spiro atoms. The molecule has 0 radical (unpaired) electrons. The summed E-state index contributed by atoms with van der Waals surface area (Å²) in [7, 11) is 3.84. The maximum Gasteiger partial charge on any atom is 0.254 e. The van der Waals surface area contributed by atoms with Gasteiger partial charge in [-0.05, 0) is 37.2 Å². The lowest BCUT2D eigenvalue weighted by molar-refractivity contribution is -0.131. The predicted octanol–water partition coefficient (Wildman–Crippen LogP) is 1.97. The van der Waals surface area contributed by atoms with Crippen molar-refractivity contribution in [1.29, 1.82) is 5.41 Å². The second-order valence-corrected chi connectivity index (χ2v) is 7.97. The molecule has 1 aliphatic heterocycles. The molecule has 1 aromatic rings. The molecule has 4 nitrogen and oxygen atoms in total. The van der Waals surface area contributed by atoms with E-state index in [0.717, 1.165) is 25.7 Å². The SMILES string of the molecule is Bc1cccc(CCCC2(CC3CCCCC3)NC(=N)N(C)C2=O)c1. The van der Waals surface area contributed by atoms with Crippen molar-refractivity contribution in [2.75, 3.05) is 7.05 Å². The van der Waals surface area contributed by atoms with Gasteiger partial charge >= 0.3 is 0 Å². The third-order valence-electron chi connectivity index (χ3n) is 5.92. The van der Waals surface area contributed by atoms with Gasteiger partial charge in [0.15, 0.2) is 5.96 Å². The maximum absolute atomic E-state index is 12.9. The third kappa shape index (κ3) is 4.08. The normalized spacial score (nSPS) is 24.6. The first-order valence-electron chi connectivity index (χ1n) is 9.71. The monoisotopic (exact) mass is 339 g/mol. The molecular formula is C20H30BN3O. The van der Waals surface area contributed by atoms with Crippen LogP contribution in [0.15, 0.2) is 24.3 Å². The van der Waals surface area contributed by atoms with Crippen LogP contribution in [0.5, 0.6) is 0 Å². The van der Waals surface area contributed by atoms with Crippen molar-refractivity contribution < 1.29 is 4.79 Å². The van der Waals surface area contributed by atoms with E-state index in [9.17, 15) is 4.79 Å². The van der Waals surface area contributed by atoms with E-state index >= 15 is 0 Å². The standard InChI is InChI=1S/C20H30BN3O/c1-24-18(25)20(23-19(24)22,14-16-7-3-2-4-8-16)12-6-10-15-9-5-11-17(21)13-15/h5,9,11,13,16H,2-4,6-8,10,12,14,21H2,1H3,(H2,22,23). The molecule has 1 aromatic carbocycles. The number of rotatable bonds is 6. The Balaban J connectivity index is 1.68. The predicted molar refractivity (Wildman–Crippen MR) is 105 cm³/mol. The van der Waals surface area contributed by atoms with Crippen LogP contribution in [0.4, 0.5) is 0 Å². The molecule has 3 rings (SSSR count). The number of carbonyl (C=O) groups excluding carboxylic acids is 1. The van der Waals surface area contributed by atoms with Gasteiger partial charge in [0.25, 0.3) is 5.91 Å². The molecule has 0 aromatic heterocycles. The summed E-state index contributed by atoms with van der Waals surface area (Å²) < 4.78 is 0. The van der Waals surface area contributed by atoms with E-state index in [2.05, 4.69) is 37.4 Å². The van der Waals surface area contributed by atoms with Crippen molar-refractivity contribution in [1.82, 2.24) is 10.2 Å². The van der Waals surface area contributed by atoms with Crippen molar-refractivity contribution in [3.8, 4) is 0 Å². The fourth-order valence-corrected chi connectivity index (χ4v) is 4.54. The highest BCUT2D eigenvalue weighted by molar-refractivity contribution is 6.32. The molecule has 1 saturated heterocycles. The lowest BCUT2D eigenvalue weighted by Crippen LogP contribution is -2.48. The van der Waals surface area contributed by atoms with Gasteiger partial charge in [0.1, 0.15) is 13.4 Å². The summed E-state index contributed by atoms with van der Waals surface area (Å²) in [5, 5.41) is 11.4. The van der Waals surface area contributed by atoms with Gasteiger partial charge in [0, 0.05) is 7.05 Å². The first kappa shape index (κ1) is 18.0. The number of carbonyl (C=O) groups is 1. The molecule has 1 unspecified atom stereocenters. The molecule has 2 fully saturated rings. The van der Waals surface area contributed by atoms with Gasteiger partial charge in [0.2, 0.25) is 0 Å². The van der Waals surface area contributed by atoms with Crippen LogP contribution in [-0.4, -0.2) is 37.2 Å². The van der Waals surface area contributed by atoms with Gasteiger partial charge in [-0.2, -0.15) is 0 Å². The minimum absolute atomic E-state index is 0.0901. The fourth-order valence-electron chi connectivity index (χ4n) is 4.54. The zero-order valence-electron chi connectivity index (χ0n) is 15.6. The van der Waals surface area contributed by atoms with Crippen LogP contribution in [0.3, 0.4) is 0 Å². The average Bonchev–Trinajstić information content (AvgIpc) is 2.80. The summed E-state index contributed by atoms with van der Waals surface area (Å²) >= 11 is 0. The van der Waals surface area contributed by atoms with E-state index in [1.165, 1.54) is 48.0 Å². The second-order valence-electron chi connectivity index (χ2n) is 7.97. The molecule has 1 saturated carbocycles. The van der Waals surface area contributed by atoms with Gasteiger partial charge in [-0.15, -0.1) is 0 Å². The zero-order valence-corrected chi connectivity index (χ0v) is 15.6. The van der Waals surface area contributed by atoms with Crippen LogP contribution >= 0.6 is 0 Å². The minimum Gasteiger partial charge on any atom is -0.342 e. The Morgan fingerprint density at radius 3 is 2.72 bits per heavy atom. The van der Waals surface area contributed by atoms with E-state index in [0.29, 0.717) is 5.92 Å². The first-order valence-corrected chi connectivity index (χ1v) is 9.71.